The Morgan fingerprint density at radius 3 is 2.43 bits per heavy atom. The predicted molar refractivity (Wildman–Crippen MR) is 29.1 cm³/mol. The molecule has 2 N–H and O–H groups in total. The van der Waals surface area contributed by atoms with Gasteiger partial charge >= 0.3 is 47.0 Å². The van der Waals surface area contributed by atoms with Gasteiger partial charge in [-0.3, -0.25) is 0 Å². The summed E-state index contributed by atoms with van der Waals surface area (Å²) in [6.07, 6.45) is 1.78. The second kappa shape index (κ2) is 1.63. The van der Waals surface area contributed by atoms with Crippen LogP contribution in [0.4, 0.5) is 0 Å². The second-order valence-electron chi connectivity index (χ2n) is 1.19. The third-order valence-corrected chi connectivity index (χ3v) is 2.68. The van der Waals surface area contributed by atoms with Crippen molar-refractivity contribution in [2.45, 2.75) is 0 Å². The zero-order chi connectivity index (χ0) is 5.28. The fourth-order valence-corrected chi connectivity index (χ4v) is 1.19. The molecule has 7 heavy (non-hydrogen) atoms. The van der Waals surface area contributed by atoms with E-state index in [1.807, 2.05) is 4.86 Å². The van der Waals surface area contributed by atoms with Crippen molar-refractivity contribution in [1.82, 2.24) is 0 Å². The molecule has 1 aliphatic rings. The number of amides is 1. The fraction of sp³-hybridized carbons (Fsp3) is 0. The standard InChI is InChI=1S/C4H4AsNO/c6-4(7)3-1-2-5-3/h1-2H,(H2,6,7). The molecule has 2 nitrogen and oxygen atoms in total. The molecule has 0 aromatic carbocycles. The Morgan fingerprint density at radius 1 is 1.86 bits per heavy atom. The monoisotopic (exact) mass is 157 g/mol. The topological polar surface area (TPSA) is 43.1 Å². The van der Waals surface area contributed by atoms with E-state index >= 15 is 0 Å². The first-order valence-electron chi connectivity index (χ1n) is 1.85. The molecule has 0 fully saturated rings. The number of carbonyl (C=O) groups excluding carboxylic acids is 1. The average molecular weight is 157 g/mol. The molecule has 0 aromatic rings. The van der Waals surface area contributed by atoms with E-state index in [4.69, 9.17) is 5.73 Å². The molecule has 0 atom stereocenters. The summed E-state index contributed by atoms with van der Waals surface area (Å²) >= 11 is 0.0666. The van der Waals surface area contributed by atoms with Crippen LogP contribution in [0.15, 0.2) is 10.9 Å². The van der Waals surface area contributed by atoms with Crippen molar-refractivity contribution in [3.05, 3.63) is 10.9 Å². The van der Waals surface area contributed by atoms with Gasteiger partial charge in [0.15, 0.2) is 0 Å². The van der Waals surface area contributed by atoms with Crippen LogP contribution in [0.2, 0.25) is 0 Å². The molecule has 0 aromatic heterocycles. The molecule has 1 aliphatic heterocycles. The van der Waals surface area contributed by atoms with Gasteiger partial charge < -0.3 is 0 Å². The molecular weight excluding hydrogens is 153 g/mol. The summed E-state index contributed by atoms with van der Waals surface area (Å²) in [7, 11) is 0. The molecular formula is C4H4AsNO. The first kappa shape index (κ1) is 4.79. The molecule has 1 amide bonds. The molecule has 0 saturated carbocycles. The normalized spacial score (nSPS) is 17.4. The van der Waals surface area contributed by atoms with Gasteiger partial charge in [-0.1, -0.05) is 0 Å². The van der Waals surface area contributed by atoms with E-state index in [9.17, 15) is 4.79 Å². The van der Waals surface area contributed by atoms with Gasteiger partial charge in [0.25, 0.3) is 0 Å². The summed E-state index contributed by atoms with van der Waals surface area (Å²) in [5.41, 5.74) is 4.89. The van der Waals surface area contributed by atoms with Gasteiger partial charge in [0, 0.05) is 0 Å². The zero-order valence-corrected chi connectivity index (χ0v) is 5.46. The van der Waals surface area contributed by atoms with E-state index in [2.05, 4.69) is 0 Å². The van der Waals surface area contributed by atoms with Crippen LogP contribution in [0.1, 0.15) is 0 Å². The molecule has 0 radical (unpaired) electrons. The van der Waals surface area contributed by atoms with Gasteiger partial charge in [-0.05, 0) is 0 Å². The van der Waals surface area contributed by atoms with Crippen molar-refractivity contribution in [3.63, 3.8) is 0 Å². The first-order chi connectivity index (χ1) is 3.30. The molecule has 3 heteroatoms. The Hall–Kier alpha value is -0.362. The van der Waals surface area contributed by atoms with E-state index in [0.29, 0.717) is 0 Å². The summed E-state index contributed by atoms with van der Waals surface area (Å²) in [4.78, 5) is 12.1. The Morgan fingerprint density at radius 2 is 2.43 bits per heavy atom. The number of hydrogen-bond acceptors (Lipinski definition) is 1. The Kier molecular flexibility index (Phi) is 1.11. The average Bonchev–Trinajstić information content (AvgIpc) is 1.23. The quantitative estimate of drug-likeness (QED) is 0.481. The summed E-state index contributed by atoms with van der Waals surface area (Å²) in [5, 5.41) is 0. The summed E-state index contributed by atoms with van der Waals surface area (Å²) in [5.74, 6) is -0.248. The Bertz CT molecular complexity index is 159. The summed E-state index contributed by atoms with van der Waals surface area (Å²) < 4.78 is 0.830. The van der Waals surface area contributed by atoms with Crippen LogP contribution in [0.5, 0.6) is 0 Å². The molecule has 0 bridgehead atoms. The molecule has 0 spiro atoms. The molecule has 0 unspecified atom stereocenters. The number of primary amides is 1. The molecule has 36 valence electrons. The molecule has 0 aliphatic carbocycles. The van der Waals surface area contributed by atoms with Gasteiger partial charge in [-0.15, -0.1) is 0 Å². The van der Waals surface area contributed by atoms with E-state index in [-0.39, 0.29) is 21.2 Å². The van der Waals surface area contributed by atoms with Crippen LogP contribution in [-0.2, 0) is 4.79 Å². The van der Waals surface area contributed by atoms with E-state index < -0.39 is 0 Å². The third kappa shape index (κ3) is 0.803. The van der Waals surface area contributed by atoms with Gasteiger partial charge in [0.2, 0.25) is 0 Å². The first-order valence-corrected chi connectivity index (χ1v) is 3.87. The van der Waals surface area contributed by atoms with Crippen LogP contribution in [-0.4, -0.2) is 25.5 Å². The van der Waals surface area contributed by atoms with Crippen LogP contribution in [0.25, 0.3) is 0 Å². The van der Waals surface area contributed by atoms with Gasteiger partial charge in [0.1, 0.15) is 0 Å². The van der Waals surface area contributed by atoms with Crippen molar-refractivity contribution in [2.24, 2.45) is 5.73 Å². The van der Waals surface area contributed by atoms with E-state index in [1.54, 1.807) is 6.08 Å². The van der Waals surface area contributed by atoms with Crippen LogP contribution < -0.4 is 5.73 Å². The maximum atomic E-state index is 10.1. The Balaban J connectivity index is 2.60. The van der Waals surface area contributed by atoms with Crippen LogP contribution in [0.3, 0.4) is 0 Å². The van der Waals surface area contributed by atoms with Gasteiger partial charge in [0.05, 0.1) is 0 Å². The van der Waals surface area contributed by atoms with Crippen molar-refractivity contribution >= 4 is 25.5 Å². The number of rotatable bonds is 1. The van der Waals surface area contributed by atoms with Crippen molar-refractivity contribution in [2.75, 3.05) is 0 Å². The summed E-state index contributed by atoms with van der Waals surface area (Å²) in [6.45, 7) is 0. The third-order valence-electron chi connectivity index (χ3n) is 0.698. The molecule has 1 heterocycles. The number of hydrogen-bond donors (Lipinski definition) is 1. The van der Waals surface area contributed by atoms with E-state index in [0.717, 1.165) is 4.30 Å². The molecule has 0 saturated heterocycles. The predicted octanol–water partition coefficient (Wildman–Crippen LogP) is -1.12. The van der Waals surface area contributed by atoms with Crippen molar-refractivity contribution < 1.29 is 4.79 Å². The number of carbonyl (C=O) groups is 1. The SMILES string of the molecule is NC(=O)C1=[As]C=C1. The second-order valence-corrected chi connectivity index (χ2v) is 3.37. The van der Waals surface area contributed by atoms with Crippen LogP contribution in [0, 0.1) is 0 Å². The number of nitrogens with two attached hydrogens (primary N) is 1. The van der Waals surface area contributed by atoms with Crippen LogP contribution >= 0.6 is 0 Å². The fourth-order valence-electron chi connectivity index (χ4n) is 0.295. The van der Waals surface area contributed by atoms with Crippen molar-refractivity contribution in [3.8, 4) is 0 Å². The maximum absolute atomic E-state index is 10.1. The minimum atomic E-state index is -0.248. The molecule has 1 rings (SSSR count). The van der Waals surface area contributed by atoms with Gasteiger partial charge in [-0.25, -0.2) is 0 Å². The zero-order valence-electron chi connectivity index (χ0n) is 3.59. The van der Waals surface area contributed by atoms with Crippen molar-refractivity contribution in [1.29, 1.82) is 0 Å². The van der Waals surface area contributed by atoms with Gasteiger partial charge in [-0.2, -0.15) is 0 Å². The minimum absolute atomic E-state index is 0.0666. The Labute approximate surface area is 47.6 Å². The van der Waals surface area contributed by atoms with E-state index in [1.165, 1.54) is 0 Å². The summed E-state index contributed by atoms with van der Waals surface area (Å²) in [6, 6.07) is 0.